The Balaban J connectivity index is 2.22. The molecule has 0 saturated heterocycles. The van der Waals surface area contributed by atoms with Crippen LogP contribution in [0.3, 0.4) is 0 Å². The van der Waals surface area contributed by atoms with Crippen LogP contribution in [0, 0.1) is 0 Å². The van der Waals surface area contributed by atoms with Crippen molar-refractivity contribution in [3.63, 3.8) is 0 Å². The second-order valence-electron chi connectivity index (χ2n) is 3.59. The lowest BCUT2D eigenvalue weighted by Gasteiger charge is -2.10. The van der Waals surface area contributed by atoms with Crippen molar-refractivity contribution in [1.29, 1.82) is 0 Å². The van der Waals surface area contributed by atoms with Crippen molar-refractivity contribution in [3.8, 4) is 0 Å². The molecule has 0 amide bonds. The van der Waals surface area contributed by atoms with E-state index in [1.165, 1.54) is 4.90 Å². The Morgan fingerprint density at radius 2 is 1.82 bits per heavy atom. The molecule has 0 unspecified atom stereocenters. The molecule has 0 bridgehead atoms. The van der Waals surface area contributed by atoms with Crippen LogP contribution in [-0.4, -0.2) is 6.26 Å². The standard InChI is InChI=1S/C13H13ClN2S/c1-17-11-5-3-10(4-6-11)16-13-8-9(14)2-7-12(13)15/h2-8,16H,15H2,1H3. The Morgan fingerprint density at radius 1 is 1.12 bits per heavy atom. The van der Waals surface area contributed by atoms with Gasteiger partial charge in [-0.1, -0.05) is 11.6 Å². The zero-order chi connectivity index (χ0) is 12.3. The first-order valence-electron chi connectivity index (χ1n) is 5.15. The summed E-state index contributed by atoms with van der Waals surface area (Å²) in [5.41, 5.74) is 8.38. The minimum absolute atomic E-state index is 0.669. The maximum Gasteiger partial charge on any atom is 0.0632 e. The molecule has 2 aromatic carbocycles. The smallest absolute Gasteiger partial charge is 0.0632 e. The molecule has 0 heterocycles. The van der Waals surface area contributed by atoms with Gasteiger partial charge in [0, 0.05) is 15.6 Å². The van der Waals surface area contributed by atoms with E-state index in [1.807, 2.05) is 18.2 Å². The molecule has 0 aliphatic rings. The summed E-state index contributed by atoms with van der Waals surface area (Å²) in [5, 5.41) is 3.91. The third-order valence-corrected chi connectivity index (χ3v) is 3.36. The fourth-order valence-corrected chi connectivity index (χ4v) is 2.05. The van der Waals surface area contributed by atoms with Gasteiger partial charge < -0.3 is 11.1 Å². The van der Waals surface area contributed by atoms with Crippen molar-refractivity contribution in [1.82, 2.24) is 0 Å². The van der Waals surface area contributed by atoms with Crippen LogP contribution in [0.25, 0.3) is 0 Å². The van der Waals surface area contributed by atoms with Gasteiger partial charge in [0.1, 0.15) is 0 Å². The first-order chi connectivity index (χ1) is 8.19. The Bertz CT molecular complexity index is 511. The molecule has 0 aliphatic heterocycles. The Labute approximate surface area is 110 Å². The summed E-state index contributed by atoms with van der Waals surface area (Å²) in [4.78, 5) is 1.23. The van der Waals surface area contributed by atoms with E-state index in [0.29, 0.717) is 10.7 Å². The lowest BCUT2D eigenvalue weighted by Crippen LogP contribution is -1.95. The molecule has 0 fully saturated rings. The zero-order valence-corrected chi connectivity index (χ0v) is 11.0. The quantitative estimate of drug-likeness (QED) is 0.638. The molecular weight excluding hydrogens is 252 g/mol. The van der Waals surface area contributed by atoms with E-state index >= 15 is 0 Å². The largest absolute Gasteiger partial charge is 0.397 e. The molecule has 0 spiro atoms. The number of hydrogen-bond donors (Lipinski definition) is 2. The molecule has 4 heteroatoms. The first kappa shape index (κ1) is 12.1. The first-order valence-corrected chi connectivity index (χ1v) is 6.75. The van der Waals surface area contributed by atoms with E-state index in [1.54, 1.807) is 23.9 Å². The fourth-order valence-electron chi connectivity index (χ4n) is 1.47. The van der Waals surface area contributed by atoms with Crippen LogP contribution in [0.5, 0.6) is 0 Å². The highest BCUT2D eigenvalue weighted by atomic mass is 35.5. The molecule has 17 heavy (non-hydrogen) atoms. The van der Waals surface area contributed by atoms with Crippen LogP contribution >= 0.6 is 23.4 Å². The summed E-state index contributed by atoms with van der Waals surface area (Å²) in [6, 6.07) is 13.6. The summed E-state index contributed by atoms with van der Waals surface area (Å²) in [7, 11) is 0. The van der Waals surface area contributed by atoms with Crippen molar-refractivity contribution in [2.24, 2.45) is 0 Å². The normalized spacial score (nSPS) is 10.2. The Kier molecular flexibility index (Phi) is 3.82. The number of nitrogens with one attached hydrogen (secondary N) is 1. The second kappa shape index (κ2) is 5.34. The number of benzene rings is 2. The Morgan fingerprint density at radius 3 is 2.47 bits per heavy atom. The van der Waals surface area contributed by atoms with Gasteiger partial charge in [0.2, 0.25) is 0 Å². The molecule has 2 nitrogen and oxygen atoms in total. The molecule has 0 aliphatic carbocycles. The Hall–Kier alpha value is -1.32. The predicted molar refractivity (Wildman–Crippen MR) is 77.4 cm³/mol. The summed E-state index contributed by atoms with van der Waals surface area (Å²) in [6.07, 6.45) is 2.05. The van der Waals surface area contributed by atoms with Crippen LogP contribution in [0.1, 0.15) is 0 Å². The average molecular weight is 265 g/mol. The van der Waals surface area contributed by atoms with Gasteiger partial charge in [-0.15, -0.1) is 11.8 Å². The molecular formula is C13H13ClN2S. The second-order valence-corrected chi connectivity index (χ2v) is 4.90. The fraction of sp³-hybridized carbons (Fsp3) is 0.0769. The number of anilines is 3. The highest BCUT2D eigenvalue weighted by Gasteiger charge is 2.01. The van der Waals surface area contributed by atoms with E-state index in [-0.39, 0.29) is 0 Å². The lowest BCUT2D eigenvalue weighted by atomic mass is 10.2. The van der Waals surface area contributed by atoms with Crippen molar-refractivity contribution in [2.45, 2.75) is 4.90 Å². The molecule has 88 valence electrons. The van der Waals surface area contributed by atoms with E-state index in [9.17, 15) is 0 Å². The molecule has 0 aromatic heterocycles. The zero-order valence-electron chi connectivity index (χ0n) is 9.41. The van der Waals surface area contributed by atoms with Gasteiger partial charge in [-0.2, -0.15) is 0 Å². The maximum absolute atomic E-state index is 5.93. The van der Waals surface area contributed by atoms with Crippen LogP contribution in [0.4, 0.5) is 17.1 Å². The minimum atomic E-state index is 0.669. The number of nitrogens with two attached hydrogens (primary N) is 1. The summed E-state index contributed by atoms with van der Waals surface area (Å²) in [6.45, 7) is 0. The summed E-state index contributed by atoms with van der Waals surface area (Å²) in [5.74, 6) is 0. The molecule has 3 N–H and O–H groups in total. The van der Waals surface area contributed by atoms with Gasteiger partial charge in [-0.05, 0) is 48.7 Å². The van der Waals surface area contributed by atoms with Crippen molar-refractivity contribution in [2.75, 3.05) is 17.3 Å². The number of nitrogen functional groups attached to an aromatic ring is 1. The molecule has 2 rings (SSSR count). The van der Waals surface area contributed by atoms with Gasteiger partial charge >= 0.3 is 0 Å². The van der Waals surface area contributed by atoms with E-state index in [0.717, 1.165) is 11.4 Å². The van der Waals surface area contributed by atoms with Crippen LogP contribution in [-0.2, 0) is 0 Å². The number of rotatable bonds is 3. The van der Waals surface area contributed by atoms with Gasteiger partial charge in [0.25, 0.3) is 0 Å². The monoisotopic (exact) mass is 264 g/mol. The van der Waals surface area contributed by atoms with Gasteiger partial charge in [-0.3, -0.25) is 0 Å². The van der Waals surface area contributed by atoms with Crippen molar-refractivity contribution in [3.05, 3.63) is 47.5 Å². The summed E-state index contributed by atoms with van der Waals surface area (Å²) >= 11 is 7.65. The van der Waals surface area contributed by atoms with Gasteiger partial charge in [0.05, 0.1) is 11.4 Å². The van der Waals surface area contributed by atoms with Crippen molar-refractivity contribution < 1.29 is 0 Å². The topological polar surface area (TPSA) is 38.0 Å². The van der Waals surface area contributed by atoms with Crippen LogP contribution in [0.15, 0.2) is 47.4 Å². The molecule has 0 radical (unpaired) electrons. The third kappa shape index (κ3) is 3.08. The van der Waals surface area contributed by atoms with Crippen molar-refractivity contribution >= 4 is 40.4 Å². The summed E-state index contributed by atoms with van der Waals surface area (Å²) < 4.78 is 0. The SMILES string of the molecule is CSc1ccc(Nc2cc(Cl)ccc2N)cc1. The van der Waals surface area contributed by atoms with Gasteiger partial charge in [0.15, 0.2) is 0 Å². The van der Waals surface area contributed by atoms with E-state index in [2.05, 4.69) is 23.7 Å². The predicted octanol–water partition coefficient (Wildman–Crippen LogP) is 4.39. The van der Waals surface area contributed by atoms with Crippen LogP contribution in [0.2, 0.25) is 5.02 Å². The number of hydrogen-bond acceptors (Lipinski definition) is 3. The maximum atomic E-state index is 5.93. The average Bonchev–Trinajstić information content (AvgIpc) is 2.35. The lowest BCUT2D eigenvalue weighted by molar-refractivity contribution is 1.44. The molecule has 2 aromatic rings. The van der Waals surface area contributed by atoms with E-state index in [4.69, 9.17) is 17.3 Å². The molecule has 0 atom stereocenters. The highest BCUT2D eigenvalue weighted by Crippen LogP contribution is 2.27. The van der Waals surface area contributed by atoms with Crippen LogP contribution < -0.4 is 11.1 Å². The minimum Gasteiger partial charge on any atom is -0.397 e. The molecule has 0 saturated carbocycles. The number of halogens is 1. The highest BCUT2D eigenvalue weighted by molar-refractivity contribution is 7.98. The van der Waals surface area contributed by atoms with E-state index < -0.39 is 0 Å². The van der Waals surface area contributed by atoms with Gasteiger partial charge in [-0.25, -0.2) is 0 Å². The third-order valence-electron chi connectivity index (χ3n) is 2.38. The number of thioether (sulfide) groups is 1.